The molecule has 1 aromatic carbocycles. The lowest BCUT2D eigenvalue weighted by atomic mass is 9.86. The Morgan fingerprint density at radius 1 is 1.28 bits per heavy atom. The summed E-state index contributed by atoms with van der Waals surface area (Å²) >= 11 is 0. The highest BCUT2D eigenvalue weighted by Crippen LogP contribution is 2.26. The molecule has 0 saturated heterocycles. The van der Waals surface area contributed by atoms with Crippen LogP contribution in [0.15, 0.2) is 18.2 Å². The highest BCUT2D eigenvalue weighted by atomic mass is 19.1. The Bertz CT molecular complexity index is 471. The number of carbonyl (C=O) groups is 2. The molecule has 0 fully saturated rings. The van der Waals surface area contributed by atoms with Gasteiger partial charge in [0, 0.05) is 13.0 Å². The van der Waals surface area contributed by atoms with E-state index in [2.05, 4.69) is 5.32 Å². The monoisotopic (exact) mass is 256 g/mol. The van der Waals surface area contributed by atoms with Gasteiger partial charge in [0.1, 0.15) is 17.2 Å². The molecule has 0 saturated carbocycles. The van der Waals surface area contributed by atoms with Crippen molar-refractivity contribution in [3.05, 3.63) is 35.4 Å². The number of carbonyl (C=O) groups excluding carboxylic acids is 2. The van der Waals surface area contributed by atoms with Crippen LogP contribution in [0.25, 0.3) is 0 Å². The summed E-state index contributed by atoms with van der Waals surface area (Å²) in [5.74, 6) is -3.06. The Kier molecular flexibility index (Phi) is 4.00. The van der Waals surface area contributed by atoms with Gasteiger partial charge in [0.25, 0.3) is 0 Å². The van der Waals surface area contributed by atoms with E-state index in [1.807, 2.05) is 0 Å². The molecular formula is C12H14F2N2O2. The Morgan fingerprint density at radius 3 is 2.11 bits per heavy atom. The van der Waals surface area contributed by atoms with Crippen molar-refractivity contribution in [1.82, 2.24) is 5.32 Å². The first-order valence-corrected chi connectivity index (χ1v) is 5.37. The average Bonchev–Trinajstić information content (AvgIpc) is 2.23. The van der Waals surface area contributed by atoms with Crippen molar-refractivity contribution in [2.75, 3.05) is 0 Å². The summed E-state index contributed by atoms with van der Waals surface area (Å²) in [5, 5.41) is 2.37. The average molecular weight is 256 g/mol. The van der Waals surface area contributed by atoms with Crippen LogP contribution in [0, 0.1) is 11.6 Å². The molecule has 1 atom stereocenters. The normalized spacial score (nSPS) is 13.8. The quantitative estimate of drug-likeness (QED) is 0.849. The van der Waals surface area contributed by atoms with Crippen molar-refractivity contribution in [2.24, 2.45) is 5.73 Å². The second-order valence-corrected chi connectivity index (χ2v) is 3.96. The number of amides is 2. The van der Waals surface area contributed by atoms with Crippen LogP contribution in [0.4, 0.5) is 8.78 Å². The molecule has 3 N–H and O–H groups in total. The summed E-state index contributed by atoms with van der Waals surface area (Å²) in [6, 6.07) is 2.64. The standard InChI is InChI=1S/C12H14F2N2O2/c1-3-12(11(15)18,16-7(2)17)8-4-9(13)6-10(14)5-8/h4-6H,3H2,1-2H3,(H2,15,18)(H,16,17). The first kappa shape index (κ1) is 14.1. The highest BCUT2D eigenvalue weighted by molar-refractivity contribution is 5.90. The number of nitrogens with one attached hydrogen (secondary N) is 1. The molecule has 1 aromatic rings. The largest absolute Gasteiger partial charge is 0.367 e. The molecule has 98 valence electrons. The first-order chi connectivity index (χ1) is 8.31. The van der Waals surface area contributed by atoms with E-state index in [1.165, 1.54) is 6.92 Å². The van der Waals surface area contributed by atoms with Gasteiger partial charge in [0.05, 0.1) is 0 Å². The molecule has 0 aliphatic heterocycles. The number of hydrogen-bond acceptors (Lipinski definition) is 2. The minimum absolute atomic E-state index is 0.00907. The van der Waals surface area contributed by atoms with Gasteiger partial charge in [0.15, 0.2) is 0 Å². The van der Waals surface area contributed by atoms with Crippen LogP contribution in [0.5, 0.6) is 0 Å². The fourth-order valence-electron chi connectivity index (χ4n) is 1.84. The Hall–Kier alpha value is -1.98. The predicted octanol–water partition coefficient (Wildman–Crippen LogP) is 1.19. The van der Waals surface area contributed by atoms with E-state index in [-0.39, 0.29) is 12.0 Å². The highest BCUT2D eigenvalue weighted by Gasteiger charge is 2.38. The molecule has 0 bridgehead atoms. The van der Waals surface area contributed by atoms with Crippen molar-refractivity contribution in [1.29, 1.82) is 0 Å². The van der Waals surface area contributed by atoms with Crippen molar-refractivity contribution >= 4 is 11.8 Å². The topological polar surface area (TPSA) is 72.2 Å². The van der Waals surface area contributed by atoms with Crippen molar-refractivity contribution in [2.45, 2.75) is 25.8 Å². The molecule has 1 rings (SSSR count). The second-order valence-electron chi connectivity index (χ2n) is 3.96. The van der Waals surface area contributed by atoms with E-state index < -0.39 is 29.0 Å². The van der Waals surface area contributed by atoms with Crippen LogP contribution in [-0.2, 0) is 15.1 Å². The van der Waals surface area contributed by atoms with Crippen LogP contribution < -0.4 is 11.1 Å². The summed E-state index contributed by atoms with van der Waals surface area (Å²) in [6.45, 7) is 2.78. The van der Waals surface area contributed by atoms with Gasteiger partial charge in [0.2, 0.25) is 11.8 Å². The maximum Gasteiger partial charge on any atom is 0.247 e. The SMILES string of the molecule is CCC(NC(C)=O)(C(N)=O)c1cc(F)cc(F)c1. The Morgan fingerprint density at radius 2 is 1.78 bits per heavy atom. The van der Waals surface area contributed by atoms with Gasteiger partial charge in [-0.1, -0.05) is 6.92 Å². The molecule has 2 amide bonds. The second kappa shape index (κ2) is 5.12. The van der Waals surface area contributed by atoms with Gasteiger partial charge >= 0.3 is 0 Å². The zero-order valence-electron chi connectivity index (χ0n) is 10.1. The van der Waals surface area contributed by atoms with Crippen molar-refractivity contribution in [3.63, 3.8) is 0 Å². The minimum Gasteiger partial charge on any atom is -0.367 e. The summed E-state index contributed by atoms with van der Waals surface area (Å²) in [5.41, 5.74) is 3.65. The van der Waals surface area contributed by atoms with Gasteiger partial charge in [-0.25, -0.2) is 8.78 Å². The van der Waals surface area contributed by atoms with E-state index in [1.54, 1.807) is 6.92 Å². The van der Waals surface area contributed by atoms with Gasteiger partial charge in [-0.15, -0.1) is 0 Å². The van der Waals surface area contributed by atoms with Crippen molar-refractivity contribution in [3.8, 4) is 0 Å². The van der Waals surface area contributed by atoms with Gasteiger partial charge in [-0.3, -0.25) is 9.59 Å². The van der Waals surface area contributed by atoms with Crippen LogP contribution in [0.2, 0.25) is 0 Å². The van der Waals surface area contributed by atoms with E-state index in [0.29, 0.717) is 6.07 Å². The molecule has 6 heteroatoms. The predicted molar refractivity (Wildman–Crippen MR) is 61.3 cm³/mol. The van der Waals surface area contributed by atoms with Gasteiger partial charge in [-0.05, 0) is 24.1 Å². The third kappa shape index (κ3) is 2.64. The number of nitrogens with two attached hydrogens (primary N) is 1. The molecule has 0 aromatic heterocycles. The molecule has 0 aliphatic carbocycles. The zero-order valence-corrected chi connectivity index (χ0v) is 10.1. The summed E-state index contributed by atoms with van der Waals surface area (Å²) in [4.78, 5) is 22.7. The Labute approximate surface area is 103 Å². The molecule has 0 heterocycles. The molecule has 0 spiro atoms. The molecule has 18 heavy (non-hydrogen) atoms. The molecule has 4 nitrogen and oxygen atoms in total. The lowest BCUT2D eigenvalue weighted by Gasteiger charge is -2.30. The van der Waals surface area contributed by atoms with Gasteiger partial charge < -0.3 is 11.1 Å². The minimum atomic E-state index is -1.60. The van der Waals surface area contributed by atoms with Crippen molar-refractivity contribution < 1.29 is 18.4 Å². The van der Waals surface area contributed by atoms with E-state index in [4.69, 9.17) is 5.73 Å². The fourth-order valence-corrected chi connectivity index (χ4v) is 1.84. The summed E-state index contributed by atoms with van der Waals surface area (Å²) in [6.07, 6.45) is 0.0881. The Balaban J connectivity index is 3.41. The van der Waals surface area contributed by atoms with Crippen LogP contribution >= 0.6 is 0 Å². The van der Waals surface area contributed by atoms with E-state index >= 15 is 0 Å². The number of primary amides is 1. The van der Waals surface area contributed by atoms with Crippen LogP contribution in [0.1, 0.15) is 25.8 Å². The molecular weight excluding hydrogens is 242 g/mol. The molecule has 0 aliphatic rings. The third-order valence-electron chi connectivity index (χ3n) is 2.70. The summed E-state index contributed by atoms with van der Waals surface area (Å²) in [7, 11) is 0. The zero-order chi connectivity index (χ0) is 13.9. The van der Waals surface area contributed by atoms with Crippen LogP contribution in [-0.4, -0.2) is 11.8 Å². The lowest BCUT2D eigenvalue weighted by molar-refractivity contribution is -0.131. The van der Waals surface area contributed by atoms with E-state index in [0.717, 1.165) is 12.1 Å². The number of halogens is 2. The third-order valence-corrected chi connectivity index (χ3v) is 2.70. The number of rotatable bonds is 4. The maximum absolute atomic E-state index is 13.2. The fraction of sp³-hybridized carbons (Fsp3) is 0.333. The number of hydrogen-bond donors (Lipinski definition) is 2. The van der Waals surface area contributed by atoms with Crippen LogP contribution in [0.3, 0.4) is 0 Å². The smallest absolute Gasteiger partial charge is 0.247 e. The summed E-state index contributed by atoms with van der Waals surface area (Å²) < 4.78 is 26.4. The molecule has 0 radical (unpaired) electrons. The lowest BCUT2D eigenvalue weighted by Crippen LogP contribution is -2.54. The number of benzene rings is 1. The van der Waals surface area contributed by atoms with Gasteiger partial charge in [-0.2, -0.15) is 0 Å². The van der Waals surface area contributed by atoms with E-state index in [9.17, 15) is 18.4 Å². The first-order valence-electron chi connectivity index (χ1n) is 5.37. The molecule has 1 unspecified atom stereocenters. The maximum atomic E-state index is 13.2.